The SMILES string of the molecule is Cc1c(Cl)cccc1N=C1SCCN1C(=O)CCCc1cccs1. The molecule has 24 heavy (non-hydrogen) atoms. The number of amidine groups is 1. The smallest absolute Gasteiger partial charge is 0.228 e. The Morgan fingerprint density at radius 2 is 2.21 bits per heavy atom. The van der Waals surface area contributed by atoms with E-state index in [9.17, 15) is 4.79 Å². The molecule has 1 aliphatic heterocycles. The molecule has 0 radical (unpaired) electrons. The van der Waals surface area contributed by atoms with Crippen molar-refractivity contribution in [2.45, 2.75) is 26.2 Å². The summed E-state index contributed by atoms with van der Waals surface area (Å²) >= 11 is 9.54. The topological polar surface area (TPSA) is 32.7 Å². The Balaban J connectivity index is 1.65. The average Bonchev–Trinajstić information content (AvgIpc) is 3.23. The summed E-state index contributed by atoms with van der Waals surface area (Å²) in [6.45, 7) is 2.69. The molecule has 1 amide bonds. The maximum absolute atomic E-state index is 12.5. The van der Waals surface area contributed by atoms with E-state index < -0.39 is 0 Å². The molecule has 1 aliphatic rings. The number of halogens is 1. The predicted octanol–water partition coefficient (Wildman–Crippen LogP) is 5.30. The highest BCUT2D eigenvalue weighted by Gasteiger charge is 2.25. The molecule has 3 rings (SSSR count). The quantitative estimate of drug-likeness (QED) is 0.707. The van der Waals surface area contributed by atoms with E-state index in [1.54, 1.807) is 23.1 Å². The molecule has 0 unspecified atom stereocenters. The number of nitrogens with zero attached hydrogens (tertiary/aromatic N) is 2. The molecule has 0 aliphatic carbocycles. The van der Waals surface area contributed by atoms with Gasteiger partial charge in [-0.05, 0) is 48.9 Å². The molecule has 1 aromatic heterocycles. The lowest BCUT2D eigenvalue weighted by Gasteiger charge is -2.16. The van der Waals surface area contributed by atoms with Crippen molar-refractivity contribution in [3.63, 3.8) is 0 Å². The van der Waals surface area contributed by atoms with Crippen LogP contribution in [-0.4, -0.2) is 28.3 Å². The number of carbonyl (C=O) groups is 1. The van der Waals surface area contributed by atoms with Crippen molar-refractivity contribution in [1.29, 1.82) is 0 Å². The summed E-state index contributed by atoms with van der Waals surface area (Å²) in [5, 5.41) is 3.57. The second-order valence-electron chi connectivity index (χ2n) is 5.61. The van der Waals surface area contributed by atoms with Gasteiger partial charge < -0.3 is 0 Å². The number of rotatable bonds is 5. The zero-order valence-electron chi connectivity index (χ0n) is 13.5. The highest BCUT2D eigenvalue weighted by molar-refractivity contribution is 8.14. The average molecular weight is 379 g/mol. The first kappa shape index (κ1) is 17.5. The van der Waals surface area contributed by atoms with Gasteiger partial charge in [-0.25, -0.2) is 4.99 Å². The first-order chi connectivity index (χ1) is 11.6. The Morgan fingerprint density at radius 1 is 1.33 bits per heavy atom. The summed E-state index contributed by atoms with van der Waals surface area (Å²) < 4.78 is 0. The fourth-order valence-electron chi connectivity index (χ4n) is 2.55. The second kappa shape index (κ2) is 8.19. The van der Waals surface area contributed by atoms with Crippen LogP contribution in [0.2, 0.25) is 5.02 Å². The summed E-state index contributed by atoms with van der Waals surface area (Å²) in [6, 6.07) is 9.86. The molecule has 0 N–H and O–H groups in total. The number of carbonyl (C=O) groups excluding carboxylic acids is 1. The Morgan fingerprint density at radius 3 is 3.00 bits per heavy atom. The number of amides is 1. The van der Waals surface area contributed by atoms with Crippen molar-refractivity contribution in [3.8, 4) is 0 Å². The largest absolute Gasteiger partial charge is 0.290 e. The van der Waals surface area contributed by atoms with Gasteiger partial charge in [0.15, 0.2) is 5.17 Å². The summed E-state index contributed by atoms with van der Waals surface area (Å²) in [7, 11) is 0. The van der Waals surface area contributed by atoms with Gasteiger partial charge in [0.25, 0.3) is 0 Å². The van der Waals surface area contributed by atoms with Crippen LogP contribution in [0.15, 0.2) is 40.7 Å². The molecule has 1 saturated heterocycles. The zero-order chi connectivity index (χ0) is 16.9. The minimum Gasteiger partial charge on any atom is -0.290 e. The third-order valence-electron chi connectivity index (χ3n) is 3.93. The van der Waals surface area contributed by atoms with Gasteiger partial charge in [0.05, 0.1) is 5.69 Å². The van der Waals surface area contributed by atoms with Crippen molar-refractivity contribution in [2.75, 3.05) is 12.3 Å². The van der Waals surface area contributed by atoms with E-state index in [2.05, 4.69) is 22.5 Å². The van der Waals surface area contributed by atoms with Gasteiger partial charge in [0.1, 0.15) is 0 Å². The van der Waals surface area contributed by atoms with Crippen LogP contribution in [0.1, 0.15) is 23.3 Å². The molecule has 3 nitrogen and oxygen atoms in total. The minimum atomic E-state index is 0.162. The third kappa shape index (κ3) is 4.21. The van der Waals surface area contributed by atoms with E-state index in [-0.39, 0.29) is 5.91 Å². The van der Waals surface area contributed by atoms with Crippen LogP contribution in [-0.2, 0) is 11.2 Å². The lowest BCUT2D eigenvalue weighted by molar-refractivity contribution is -0.127. The molecule has 1 fully saturated rings. The van der Waals surface area contributed by atoms with Crippen LogP contribution in [0.5, 0.6) is 0 Å². The number of aliphatic imine (C=N–C) groups is 1. The lowest BCUT2D eigenvalue weighted by atomic mass is 10.2. The maximum atomic E-state index is 12.5. The van der Waals surface area contributed by atoms with E-state index in [0.717, 1.165) is 41.6 Å². The first-order valence-corrected chi connectivity index (χ1v) is 10.2. The number of hydrogen-bond donors (Lipinski definition) is 0. The van der Waals surface area contributed by atoms with Crippen molar-refractivity contribution in [3.05, 3.63) is 51.2 Å². The van der Waals surface area contributed by atoms with E-state index in [4.69, 9.17) is 11.6 Å². The monoisotopic (exact) mass is 378 g/mol. The van der Waals surface area contributed by atoms with Crippen molar-refractivity contribution in [1.82, 2.24) is 4.90 Å². The second-order valence-corrected chi connectivity index (χ2v) is 8.11. The van der Waals surface area contributed by atoms with Gasteiger partial charge in [-0.2, -0.15) is 0 Å². The molecule has 0 saturated carbocycles. The summed E-state index contributed by atoms with van der Waals surface area (Å²) in [5.41, 5.74) is 1.78. The van der Waals surface area contributed by atoms with Gasteiger partial charge in [-0.15, -0.1) is 11.3 Å². The van der Waals surface area contributed by atoms with Crippen molar-refractivity contribution >= 4 is 51.5 Å². The van der Waals surface area contributed by atoms with E-state index in [0.29, 0.717) is 11.4 Å². The molecule has 0 spiro atoms. The third-order valence-corrected chi connectivity index (χ3v) is 6.23. The number of hydrogen-bond acceptors (Lipinski definition) is 4. The van der Waals surface area contributed by atoms with Crippen molar-refractivity contribution in [2.24, 2.45) is 4.99 Å². The predicted molar refractivity (Wildman–Crippen MR) is 105 cm³/mol. The fourth-order valence-corrected chi connectivity index (χ4v) is 4.44. The molecule has 126 valence electrons. The Bertz CT molecular complexity index is 743. The standard InChI is InChI=1S/C18H19ClN2OS2/c1-13-15(19)7-3-8-16(13)20-18-21(10-12-24-18)17(22)9-2-5-14-6-4-11-23-14/h3-4,6-8,11H,2,5,9-10,12H2,1H3. The number of thiophene rings is 1. The van der Waals surface area contributed by atoms with Crippen LogP contribution in [0, 0.1) is 6.92 Å². The highest BCUT2D eigenvalue weighted by atomic mass is 35.5. The lowest BCUT2D eigenvalue weighted by Crippen LogP contribution is -2.31. The molecule has 6 heteroatoms. The molecule has 0 bridgehead atoms. The van der Waals surface area contributed by atoms with Crippen LogP contribution in [0.4, 0.5) is 5.69 Å². The van der Waals surface area contributed by atoms with Crippen molar-refractivity contribution < 1.29 is 4.79 Å². The first-order valence-electron chi connectivity index (χ1n) is 7.94. The molecular formula is C18H19ClN2OS2. The van der Waals surface area contributed by atoms with E-state index in [1.807, 2.05) is 30.0 Å². The molecular weight excluding hydrogens is 360 g/mol. The van der Waals surface area contributed by atoms with Gasteiger partial charge in [-0.1, -0.05) is 35.5 Å². The molecule has 0 atom stereocenters. The zero-order valence-corrected chi connectivity index (χ0v) is 15.9. The maximum Gasteiger partial charge on any atom is 0.228 e. The summed E-state index contributed by atoms with van der Waals surface area (Å²) in [6.07, 6.45) is 2.40. The minimum absolute atomic E-state index is 0.162. The number of benzene rings is 1. The fraction of sp³-hybridized carbons (Fsp3) is 0.333. The van der Waals surface area contributed by atoms with E-state index >= 15 is 0 Å². The molecule has 1 aromatic carbocycles. The van der Waals surface area contributed by atoms with Crippen LogP contribution in [0.3, 0.4) is 0 Å². The number of thioether (sulfide) groups is 1. The van der Waals surface area contributed by atoms with Crippen LogP contribution >= 0.6 is 34.7 Å². The van der Waals surface area contributed by atoms with Gasteiger partial charge in [-0.3, -0.25) is 9.69 Å². The van der Waals surface area contributed by atoms with Crippen LogP contribution in [0.25, 0.3) is 0 Å². The number of aryl methyl sites for hydroxylation is 1. The van der Waals surface area contributed by atoms with Gasteiger partial charge in [0, 0.05) is 28.6 Å². The Kier molecular flexibility index (Phi) is 5.98. The normalized spacial score (nSPS) is 16.1. The van der Waals surface area contributed by atoms with Gasteiger partial charge in [0.2, 0.25) is 5.91 Å². The molecule has 2 heterocycles. The highest BCUT2D eigenvalue weighted by Crippen LogP contribution is 2.29. The van der Waals surface area contributed by atoms with E-state index in [1.165, 1.54) is 4.88 Å². The van der Waals surface area contributed by atoms with Gasteiger partial charge >= 0.3 is 0 Å². The Labute approximate surface area is 155 Å². The summed E-state index contributed by atoms with van der Waals surface area (Å²) in [5.74, 6) is 1.06. The summed E-state index contributed by atoms with van der Waals surface area (Å²) in [4.78, 5) is 20.4. The Hall–Kier alpha value is -1.30. The molecule has 2 aromatic rings. The van der Waals surface area contributed by atoms with Crippen LogP contribution < -0.4 is 0 Å².